The highest BCUT2D eigenvalue weighted by Crippen LogP contribution is 2.43. The number of aromatic nitrogens is 1. The first-order chi connectivity index (χ1) is 16.6. The Balaban J connectivity index is 1.76. The van der Waals surface area contributed by atoms with E-state index in [2.05, 4.69) is 29.1 Å². The smallest absolute Gasteiger partial charge is 0.420 e. The van der Waals surface area contributed by atoms with Crippen molar-refractivity contribution in [1.29, 1.82) is 0 Å². The first-order valence-electron chi connectivity index (χ1n) is 11.4. The molecule has 1 aliphatic heterocycles. The van der Waals surface area contributed by atoms with E-state index < -0.39 is 17.6 Å². The van der Waals surface area contributed by atoms with E-state index in [0.29, 0.717) is 17.2 Å². The van der Waals surface area contributed by atoms with Gasteiger partial charge >= 0.3 is 6.18 Å². The van der Waals surface area contributed by atoms with E-state index in [1.54, 1.807) is 13.1 Å². The van der Waals surface area contributed by atoms with Gasteiger partial charge in [-0.15, -0.1) is 0 Å². The molecule has 0 radical (unpaired) electrons. The predicted octanol–water partition coefficient (Wildman–Crippen LogP) is 6.83. The van der Waals surface area contributed by atoms with Gasteiger partial charge in [0, 0.05) is 18.0 Å². The molecule has 0 fully saturated rings. The molecule has 0 unspecified atom stereocenters. The van der Waals surface area contributed by atoms with Crippen molar-refractivity contribution in [1.82, 2.24) is 4.98 Å². The number of aliphatic imine (C=N–C) groups is 1. The van der Waals surface area contributed by atoms with E-state index in [0.717, 1.165) is 29.3 Å². The van der Waals surface area contributed by atoms with Crippen LogP contribution >= 0.6 is 0 Å². The summed E-state index contributed by atoms with van der Waals surface area (Å²) in [7, 11) is 0. The fourth-order valence-electron chi connectivity index (χ4n) is 4.02. The summed E-state index contributed by atoms with van der Waals surface area (Å²) in [4.78, 5) is 21.6. The van der Waals surface area contributed by atoms with Gasteiger partial charge in [-0.2, -0.15) is 13.2 Å². The zero-order chi connectivity index (χ0) is 25.2. The normalized spacial score (nSPS) is 13.7. The van der Waals surface area contributed by atoms with Crippen LogP contribution < -0.4 is 10.1 Å². The van der Waals surface area contributed by atoms with Crippen LogP contribution in [0.25, 0.3) is 11.1 Å². The minimum atomic E-state index is -4.63. The molecule has 0 saturated heterocycles. The van der Waals surface area contributed by atoms with E-state index in [1.165, 1.54) is 6.07 Å². The van der Waals surface area contributed by atoms with Crippen LogP contribution in [0.5, 0.6) is 5.75 Å². The summed E-state index contributed by atoms with van der Waals surface area (Å²) >= 11 is 0. The minimum Gasteiger partial charge on any atom is -0.493 e. The lowest BCUT2D eigenvalue weighted by atomic mass is 9.98. The van der Waals surface area contributed by atoms with Gasteiger partial charge in [-0.1, -0.05) is 32.0 Å². The van der Waals surface area contributed by atoms with Gasteiger partial charge in [0.2, 0.25) is 5.91 Å². The number of hydrogen-bond acceptors (Lipinski definition) is 4. The highest BCUT2D eigenvalue weighted by molar-refractivity contribution is 6.17. The van der Waals surface area contributed by atoms with Gasteiger partial charge in [-0.05, 0) is 60.2 Å². The summed E-state index contributed by atoms with van der Waals surface area (Å²) in [5.41, 5.74) is 3.36. The number of pyridine rings is 1. The van der Waals surface area contributed by atoms with Crippen molar-refractivity contribution in [2.45, 2.75) is 39.8 Å². The Kier molecular flexibility index (Phi) is 6.91. The first-order valence-corrected chi connectivity index (χ1v) is 11.4. The Labute approximate surface area is 202 Å². The quantitative estimate of drug-likeness (QED) is 0.420. The molecule has 4 rings (SSSR count). The number of fused-ring (bicyclic) bond motifs is 1. The molecule has 5 nitrogen and oxygen atoms in total. The lowest BCUT2D eigenvalue weighted by Gasteiger charge is -2.16. The summed E-state index contributed by atoms with van der Waals surface area (Å²) in [6, 6.07) is 13.7. The monoisotopic (exact) mass is 481 g/mol. The molecular formula is C27H26F3N3O2. The fraction of sp³-hybridized carbons (Fsp3) is 0.296. The van der Waals surface area contributed by atoms with Crippen LogP contribution in [0.4, 0.5) is 24.5 Å². The first kappa shape index (κ1) is 24.4. The lowest BCUT2D eigenvalue weighted by Crippen LogP contribution is -2.15. The predicted molar refractivity (Wildman–Crippen MR) is 130 cm³/mol. The van der Waals surface area contributed by atoms with Gasteiger partial charge in [0.25, 0.3) is 0 Å². The zero-order valence-corrected chi connectivity index (χ0v) is 19.7. The third-order valence-corrected chi connectivity index (χ3v) is 5.52. The molecule has 0 bridgehead atoms. The van der Waals surface area contributed by atoms with Gasteiger partial charge < -0.3 is 10.1 Å². The number of carbonyl (C=O) groups excluding carboxylic acids is 1. The van der Waals surface area contributed by atoms with Crippen molar-refractivity contribution in [2.24, 2.45) is 10.9 Å². The Morgan fingerprint density at radius 3 is 2.51 bits per heavy atom. The molecule has 1 N–H and O–H groups in total. The maximum absolute atomic E-state index is 13.6. The average Bonchev–Trinajstić information content (AvgIpc) is 2.95. The average molecular weight is 482 g/mol. The zero-order valence-electron chi connectivity index (χ0n) is 19.7. The van der Waals surface area contributed by atoms with Crippen LogP contribution in [0.3, 0.4) is 0 Å². The number of benzene rings is 2. The molecule has 2 aromatic carbocycles. The van der Waals surface area contributed by atoms with Gasteiger partial charge in [-0.3, -0.25) is 9.78 Å². The summed E-state index contributed by atoms with van der Waals surface area (Å²) in [6.45, 7) is 5.95. The summed E-state index contributed by atoms with van der Waals surface area (Å²) in [5.74, 6) is -0.281. The van der Waals surface area contributed by atoms with E-state index in [4.69, 9.17) is 4.74 Å². The molecule has 1 aliphatic rings. The van der Waals surface area contributed by atoms with Crippen LogP contribution in [0.2, 0.25) is 0 Å². The maximum Gasteiger partial charge on any atom is 0.420 e. The number of halogens is 3. The van der Waals surface area contributed by atoms with Crippen molar-refractivity contribution in [3.63, 3.8) is 0 Å². The second-order valence-corrected chi connectivity index (χ2v) is 8.79. The molecular weight excluding hydrogens is 455 g/mol. The SMILES string of the molecule is CCOc1cc2c(cc1C(F)(F)F)NC(=O)CC(c1cccc(-c3ccnc(CC(C)C)c3)c1)=N2. The highest BCUT2D eigenvalue weighted by atomic mass is 19.4. The standard InChI is InChI=1S/C27H26F3N3O2/c1-4-35-25-14-24-23(13-21(25)27(28,29)30)33-26(34)15-22(32-24)19-7-5-6-17(11-19)18-8-9-31-20(12-18)10-16(2)3/h5-9,11-14,16H,4,10,15H2,1-3H3,(H,33,34). The van der Waals surface area contributed by atoms with Crippen molar-refractivity contribution < 1.29 is 22.7 Å². The minimum absolute atomic E-state index is 0.00407. The number of carbonyl (C=O) groups is 1. The van der Waals surface area contributed by atoms with Crippen LogP contribution in [0.1, 0.15) is 44.0 Å². The van der Waals surface area contributed by atoms with Crippen LogP contribution in [-0.2, 0) is 17.4 Å². The van der Waals surface area contributed by atoms with Gasteiger partial charge in [0.15, 0.2) is 0 Å². The van der Waals surface area contributed by atoms with Crippen LogP contribution in [0, 0.1) is 5.92 Å². The highest BCUT2D eigenvalue weighted by Gasteiger charge is 2.36. The molecule has 3 aromatic rings. The topological polar surface area (TPSA) is 63.6 Å². The lowest BCUT2D eigenvalue weighted by molar-refractivity contribution is -0.138. The number of nitrogens with zero attached hydrogens (tertiary/aromatic N) is 2. The second-order valence-electron chi connectivity index (χ2n) is 8.79. The van der Waals surface area contributed by atoms with Gasteiger partial charge in [-0.25, -0.2) is 4.99 Å². The van der Waals surface area contributed by atoms with Crippen molar-refractivity contribution in [2.75, 3.05) is 11.9 Å². The Hall–Kier alpha value is -3.68. The fourth-order valence-corrected chi connectivity index (χ4v) is 4.02. The molecule has 2 heterocycles. The molecule has 1 amide bonds. The molecule has 8 heteroatoms. The molecule has 0 spiro atoms. The molecule has 182 valence electrons. The van der Waals surface area contributed by atoms with E-state index in [9.17, 15) is 18.0 Å². The van der Waals surface area contributed by atoms with Gasteiger partial charge in [0.1, 0.15) is 5.75 Å². The largest absolute Gasteiger partial charge is 0.493 e. The third-order valence-electron chi connectivity index (χ3n) is 5.52. The number of nitrogens with one attached hydrogen (secondary N) is 1. The summed E-state index contributed by atoms with van der Waals surface area (Å²) in [6.07, 6.45) is -2.06. The molecule has 35 heavy (non-hydrogen) atoms. The number of anilines is 1. The molecule has 0 saturated carbocycles. The number of rotatable bonds is 6. The number of amides is 1. The molecule has 0 aliphatic carbocycles. The second kappa shape index (κ2) is 9.90. The number of hydrogen-bond donors (Lipinski definition) is 1. The van der Waals surface area contributed by atoms with Crippen molar-refractivity contribution >= 4 is 23.0 Å². The van der Waals surface area contributed by atoms with Crippen molar-refractivity contribution in [3.05, 3.63) is 71.5 Å². The van der Waals surface area contributed by atoms with Crippen molar-refractivity contribution in [3.8, 4) is 16.9 Å². The van der Waals surface area contributed by atoms with E-state index >= 15 is 0 Å². The Morgan fingerprint density at radius 1 is 1.06 bits per heavy atom. The third kappa shape index (κ3) is 5.70. The van der Waals surface area contributed by atoms with Crippen LogP contribution in [0.15, 0.2) is 59.7 Å². The number of ether oxygens (including phenoxy) is 1. The number of alkyl halides is 3. The Morgan fingerprint density at radius 2 is 1.80 bits per heavy atom. The molecule has 0 atom stereocenters. The summed E-state index contributed by atoms with van der Waals surface area (Å²) in [5, 5.41) is 2.56. The Bertz CT molecular complexity index is 1280. The van der Waals surface area contributed by atoms with E-state index in [-0.39, 0.29) is 30.2 Å². The molecule has 1 aromatic heterocycles. The van der Waals surface area contributed by atoms with Gasteiger partial charge in [0.05, 0.1) is 35.7 Å². The van der Waals surface area contributed by atoms with Crippen LogP contribution in [-0.4, -0.2) is 23.2 Å². The summed E-state index contributed by atoms with van der Waals surface area (Å²) < 4.78 is 45.9. The van der Waals surface area contributed by atoms with E-state index in [1.807, 2.05) is 36.4 Å². The maximum atomic E-state index is 13.6.